The molecule has 1 atom stereocenters. The third-order valence-corrected chi connectivity index (χ3v) is 5.17. The maximum atomic E-state index is 13.1. The third-order valence-electron chi connectivity index (χ3n) is 5.17. The third kappa shape index (κ3) is 2.51. The zero-order valence-corrected chi connectivity index (χ0v) is 14.0. The van der Waals surface area contributed by atoms with Crippen LogP contribution in [-0.4, -0.2) is 27.8 Å². The number of hydrogen-bond acceptors (Lipinski definition) is 2. The van der Waals surface area contributed by atoms with Crippen molar-refractivity contribution in [3.8, 4) is 0 Å². The number of amides is 2. The number of piperazine rings is 1. The Morgan fingerprint density at radius 3 is 2.09 bits per heavy atom. The van der Waals surface area contributed by atoms with Gasteiger partial charge < -0.3 is 10.2 Å². The van der Waals surface area contributed by atoms with Gasteiger partial charge in [-0.1, -0.05) is 51.1 Å². The zero-order chi connectivity index (χ0) is 16.4. The van der Waals surface area contributed by atoms with Crippen molar-refractivity contribution in [1.29, 1.82) is 0 Å². The monoisotopic (exact) mass is 302 g/mol. The van der Waals surface area contributed by atoms with Gasteiger partial charge in [0.15, 0.2) is 0 Å². The van der Waals surface area contributed by atoms with Crippen molar-refractivity contribution in [2.75, 3.05) is 0 Å². The molecule has 1 heterocycles. The quantitative estimate of drug-likeness (QED) is 0.909. The first-order chi connectivity index (χ1) is 10.4. The summed E-state index contributed by atoms with van der Waals surface area (Å²) in [6, 6.07) is 9.86. The van der Waals surface area contributed by atoms with Crippen molar-refractivity contribution in [3.05, 3.63) is 35.9 Å². The predicted octanol–water partition coefficient (Wildman–Crippen LogP) is 2.87. The standard InChI is InChI=1S/C18H26N2O2/c1-5-17(4)15(21)19-18(6-2,7-3)16(22)20(17)13-14-11-9-8-10-12-14/h8-12H,5-7,13H2,1-4H3,(H,19,21). The first kappa shape index (κ1) is 16.5. The summed E-state index contributed by atoms with van der Waals surface area (Å²) in [7, 11) is 0. The number of carbonyl (C=O) groups is 2. The van der Waals surface area contributed by atoms with Gasteiger partial charge in [-0.15, -0.1) is 0 Å². The Bertz CT molecular complexity index is 551. The highest BCUT2D eigenvalue weighted by Crippen LogP contribution is 2.33. The molecule has 1 aromatic rings. The van der Waals surface area contributed by atoms with E-state index in [0.717, 1.165) is 5.56 Å². The van der Waals surface area contributed by atoms with Crippen LogP contribution < -0.4 is 5.32 Å². The average Bonchev–Trinajstić information content (AvgIpc) is 2.56. The highest BCUT2D eigenvalue weighted by Gasteiger charge is 2.54. The fourth-order valence-electron chi connectivity index (χ4n) is 3.10. The lowest BCUT2D eigenvalue weighted by Gasteiger charge is -2.51. The molecular formula is C18H26N2O2. The first-order valence-corrected chi connectivity index (χ1v) is 8.12. The summed E-state index contributed by atoms with van der Waals surface area (Å²) in [6.07, 6.45) is 1.82. The molecule has 1 fully saturated rings. The molecule has 4 nitrogen and oxygen atoms in total. The van der Waals surface area contributed by atoms with Gasteiger partial charge in [-0.3, -0.25) is 9.59 Å². The summed E-state index contributed by atoms with van der Waals surface area (Å²) in [5.74, 6) is -0.0143. The molecule has 1 aliphatic rings. The van der Waals surface area contributed by atoms with Gasteiger partial charge in [-0.2, -0.15) is 0 Å². The summed E-state index contributed by atoms with van der Waals surface area (Å²) < 4.78 is 0. The molecule has 0 bridgehead atoms. The average molecular weight is 302 g/mol. The van der Waals surface area contributed by atoms with Gasteiger partial charge in [0.05, 0.1) is 0 Å². The molecule has 2 rings (SSSR count). The second kappa shape index (κ2) is 6.11. The summed E-state index contributed by atoms with van der Waals surface area (Å²) in [4.78, 5) is 27.6. The van der Waals surface area contributed by atoms with E-state index < -0.39 is 11.1 Å². The Morgan fingerprint density at radius 2 is 1.59 bits per heavy atom. The van der Waals surface area contributed by atoms with Crippen LogP contribution in [0.4, 0.5) is 0 Å². The molecule has 0 saturated carbocycles. The lowest BCUT2D eigenvalue weighted by atomic mass is 9.81. The van der Waals surface area contributed by atoms with E-state index in [0.29, 0.717) is 25.8 Å². The van der Waals surface area contributed by atoms with E-state index in [4.69, 9.17) is 0 Å². The number of rotatable bonds is 5. The van der Waals surface area contributed by atoms with Crippen LogP contribution in [0.1, 0.15) is 52.5 Å². The number of hydrogen-bond donors (Lipinski definition) is 1. The van der Waals surface area contributed by atoms with E-state index in [1.54, 1.807) is 4.90 Å². The number of nitrogens with zero attached hydrogens (tertiary/aromatic N) is 1. The Hall–Kier alpha value is -1.84. The van der Waals surface area contributed by atoms with E-state index in [-0.39, 0.29) is 11.8 Å². The van der Waals surface area contributed by atoms with Gasteiger partial charge in [0.2, 0.25) is 11.8 Å². The maximum absolute atomic E-state index is 13.1. The minimum absolute atomic E-state index is 0.0327. The molecule has 0 aliphatic carbocycles. The molecule has 1 saturated heterocycles. The number of carbonyl (C=O) groups excluding carboxylic acids is 2. The lowest BCUT2D eigenvalue weighted by Crippen LogP contribution is -2.74. The van der Waals surface area contributed by atoms with Gasteiger partial charge in [0.25, 0.3) is 0 Å². The normalized spacial score (nSPS) is 24.3. The summed E-state index contributed by atoms with van der Waals surface area (Å²) >= 11 is 0. The fourth-order valence-corrected chi connectivity index (χ4v) is 3.10. The number of nitrogens with one attached hydrogen (secondary N) is 1. The van der Waals surface area contributed by atoms with Gasteiger partial charge in [-0.05, 0) is 31.7 Å². The molecular weight excluding hydrogens is 276 g/mol. The molecule has 120 valence electrons. The molecule has 4 heteroatoms. The van der Waals surface area contributed by atoms with E-state index in [2.05, 4.69) is 5.32 Å². The molecule has 2 amide bonds. The summed E-state index contributed by atoms with van der Waals surface area (Å²) in [5.41, 5.74) is -0.507. The maximum Gasteiger partial charge on any atom is 0.249 e. The number of benzene rings is 1. The molecule has 0 spiro atoms. The second-order valence-corrected chi connectivity index (χ2v) is 6.25. The highest BCUT2D eigenvalue weighted by molar-refractivity contribution is 6.02. The van der Waals surface area contributed by atoms with Crippen LogP contribution in [0, 0.1) is 0 Å². The minimum Gasteiger partial charge on any atom is -0.340 e. The molecule has 1 unspecified atom stereocenters. The van der Waals surface area contributed by atoms with Gasteiger partial charge in [0, 0.05) is 6.54 Å². The fraction of sp³-hybridized carbons (Fsp3) is 0.556. The van der Waals surface area contributed by atoms with Crippen LogP contribution in [0.25, 0.3) is 0 Å². The molecule has 0 radical (unpaired) electrons. The van der Waals surface area contributed by atoms with Gasteiger partial charge in [-0.25, -0.2) is 0 Å². The van der Waals surface area contributed by atoms with Crippen LogP contribution in [0.15, 0.2) is 30.3 Å². The largest absolute Gasteiger partial charge is 0.340 e. The van der Waals surface area contributed by atoms with Crippen molar-refractivity contribution in [2.24, 2.45) is 0 Å². The highest BCUT2D eigenvalue weighted by atomic mass is 16.2. The van der Waals surface area contributed by atoms with Crippen molar-refractivity contribution in [3.63, 3.8) is 0 Å². The topological polar surface area (TPSA) is 49.4 Å². The SMILES string of the molecule is CCC1(CC)NC(=O)C(C)(CC)N(Cc2ccccc2)C1=O. The molecule has 1 aliphatic heterocycles. The molecule has 1 N–H and O–H groups in total. The van der Waals surface area contributed by atoms with Crippen molar-refractivity contribution >= 4 is 11.8 Å². The van der Waals surface area contributed by atoms with E-state index in [1.807, 2.05) is 58.0 Å². The Morgan fingerprint density at radius 1 is 1.00 bits per heavy atom. The van der Waals surface area contributed by atoms with Crippen molar-refractivity contribution in [1.82, 2.24) is 10.2 Å². The second-order valence-electron chi connectivity index (χ2n) is 6.25. The summed E-state index contributed by atoms with van der Waals surface area (Å²) in [5, 5.41) is 3.01. The first-order valence-electron chi connectivity index (χ1n) is 8.12. The van der Waals surface area contributed by atoms with Crippen LogP contribution in [-0.2, 0) is 16.1 Å². The predicted molar refractivity (Wildman–Crippen MR) is 87.1 cm³/mol. The summed E-state index contributed by atoms with van der Waals surface area (Å²) in [6.45, 7) is 8.20. The lowest BCUT2D eigenvalue weighted by molar-refractivity contribution is -0.164. The van der Waals surface area contributed by atoms with Crippen LogP contribution in [0.3, 0.4) is 0 Å². The van der Waals surface area contributed by atoms with Crippen LogP contribution in [0.5, 0.6) is 0 Å². The smallest absolute Gasteiger partial charge is 0.249 e. The van der Waals surface area contributed by atoms with Gasteiger partial charge in [0.1, 0.15) is 11.1 Å². The Kier molecular flexibility index (Phi) is 4.59. The molecule has 1 aromatic carbocycles. The molecule has 0 aromatic heterocycles. The minimum atomic E-state index is -0.791. The van der Waals surface area contributed by atoms with E-state index in [9.17, 15) is 9.59 Å². The van der Waals surface area contributed by atoms with Crippen molar-refractivity contribution < 1.29 is 9.59 Å². The van der Waals surface area contributed by atoms with Gasteiger partial charge >= 0.3 is 0 Å². The van der Waals surface area contributed by atoms with Crippen LogP contribution >= 0.6 is 0 Å². The van der Waals surface area contributed by atoms with E-state index in [1.165, 1.54) is 0 Å². The zero-order valence-electron chi connectivity index (χ0n) is 14.0. The Labute approximate surface area is 132 Å². The Balaban J connectivity index is 2.43. The molecule has 22 heavy (non-hydrogen) atoms. The van der Waals surface area contributed by atoms with Crippen molar-refractivity contribution in [2.45, 2.75) is 64.6 Å². The van der Waals surface area contributed by atoms with E-state index >= 15 is 0 Å². The van der Waals surface area contributed by atoms with Crippen LogP contribution in [0.2, 0.25) is 0 Å².